The van der Waals surface area contributed by atoms with Gasteiger partial charge in [0.05, 0.1) is 6.10 Å². The van der Waals surface area contributed by atoms with Gasteiger partial charge in [-0.3, -0.25) is 0 Å². The van der Waals surface area contributed by atoms with Crippen molar-refractivity contribution in [2.75, 3.05) is 17.2 Å². The molecule has 5 nitrogen and oxygen atoms in total. The van der Waals surface area contributed by atoms with Gasteiger partial charge in [-0.1, -0.05) is 18.2 Å². The second kappa shape index (κ2) is 6.43. The Hall–Kier alpha value is -2.30. The third-order valence-electron chi connectivity index (χ3n) is 3.15. The number of ether oxygens (including phenoxy) is 1. The number of aryl methyl sites for hydroxylation is 1. The molecule has 0 saturated heterocycles. The van der Waals surface area contributed by atoms with Crippen LogP contribution >= 0.6 is 0 Å². The van der Waals surface area contributed by atoms with Gasteiger partial charge in [0, 0.05) is 12.2 Å². The molecule has 2 N–H and O–H groups in total. The molecule has 1 aromatic heterocycles. The standard InChI is InChI=1S/C16H22N4O/c1-5-20(13-9-7-6-8-12(13)4)15-14(17)16(19-10-18-15)21-11(2)3/h6-11H,5,17H2,1-4H3. The van der Waals surface area contributed by atoms with E-state index in [4.69, 9.17) is 10.5 Å². The van der Waals surface area contributed by atoms with Crippen molar-refractivity contribution < 1.29 is 4.74 Å². The Kier molecular flexibility index (Phi) is 4.62. The van der Waals surface area contributed by atoms with Gasteiger partial charge in [0.1, 0.15) is 12.0 Å². The smallest absolute Gasteiger partial charge is 0.242 e. The molecule has 0 radical (unpaired) electrons. The number of hydrogen-bond donors (Lipinski definition) is 1. The number of benzene rings is 1. The summed E-state index contributed by atoms with van der Waals surface area (Å²) in [6.45, 7) is 8.78. The van der Waals surface area contributed by atoms with Gasteiger partial charge in [-0.05, 0) is 39.3 Å². The van der Waals surface area contributed by atoms with Crippen LogP contribution in [-0.4, -0.2) is 22.6 Å². The zero-order chi connectivity index (χ0) is 15.4. The third-order valence-corrected chi connectivity index (χ3v) is 3.15. The lowest BCUT2D eigenvalue weighted by Gasteiger charge is -2.25. The highest BCUT2D eigenvalue weighted by atomic mass is 16.5. The second-order valence-electron chi connectivity index (χ2n) is 5.11. The first-order chi connectivity index (χ1) is 10.0. The predicted molar refractivity (Wildman–Crippen MR) is 86.1 cm³/mol. The minimum atomic E-state index is 0.0172. The maximum absolute atomic E-state index is 6.20. The maximum Gasteiger partial charge on any atom is 0.242 e. The number of rotatable bonds is 5. The summed E-state index contributed by atoms with van der Waals surface area (Å²) in [6, 6.07) is 8.15. The molecule has 2 aromatic rings. The molecule has 0 amide bonds. The fourth-order valence-corrected chi connectivity index (χ4v) is 2.20. The summed E-state index contributed by atoms with van der Waals surface area (Å²) in [6.07, 6.45) is 1.51. The summed E-state index contributed by atoms with van der Waals surface area (Å²) >= 11 is 0. The number of para-hydroxylation sites is 1. The highest BCUT2D eigenvalue weighted by molar-refractivity contribution is 5.75. The first-order valence-electron chi connectivity index (χ1n) is 7.14. The normalized spacial score (nSPS) is 10.7. The van der Waals surface area contributed by atoms with Crippen LogP contribution in [0.5, 0.6) is 5.88 Å². The number of anilines is 3. The molecular weight excluding hydrogens is 264 g/mol. The summed E-state index contributed by atoms with van der Waals surface area (Å²) in [5.74, 6) is 1.11. The molecule has 1 aromatic carbocycles. The Bertz CT molecular complexity index is 613. The Morgan fingerprint density at radius 2 is 1.95 bits per heavy atom. The highest BCUT2D eigenvalue weighted by Crippen LogP contribution is 2.34. The van der Waals surface area contributed by atoms with Crippen molar-refractivity contribution in [1.82, 2.24) is 9.97 Å². The van der Waals surface area contributed by atoms with E-state index in [1.54, 1.807) is 0 Å². The van der Waals surface area contributed by atoms with Crippen LogP contribution in [0.2, 0.25) is 0 Å². The fourth-order valence-electron chi connectivity index (χ4n) is 2.20. The van der Waals surface area contributed by atoms with E-state index < -0.39 is 0 Å². The predicted octanol–water partition coefficient (Wildman–Crippen LogP) is 3.31. The van der Waals surface area contributed by atoms with Crippen molar-refractivity contribution >= 4 is 17.2 Å². The van der Waals surface area contributed by atoms with Crippen LogP contribution < -0.4 is 15.4 Å². The summed E-state index contributed by atoms with van der Waals surface area (Å²) in [5.41, 5.74) is 8.93. The maximum atomic E-state index is 6.20. The number of aromatic nitrogens is 2. The molecular formula is C16H22N4O. The molecule has 5 heteroatoms. The zero-order valence-corrected chi connectivity index (χ0v) is 13.0. The molecule has 0 aliphatic carbocycles. The van der Waals surface area contributed by atoms with Crippen LogP contribution in [0.1, 0.15) is 26.3 Å². The molecule has 0 unspecified atom stereocenters. The number of hydrogen-bond acceptors (Lipinski definition) is 5. The average molecular weight is 286 g/mol. The van der Waals surface area contributed by atoms with E-state index in [1.165, 1.54) is 11.9 Å². The molecule has 2 rings (SSSR count). The number of nitrogens with zero attached hydrogens (tertiary/aromatic N) is 3. The van der Waals surface area contributed by atoms with E-state index in [0.29, 0.717) is 17.4 Å². The van der Waals surface area contributed by atoms with E-state index in [-0.39, 0.29) is 6.10 Å². The lowest BCUT2D eigenvalue weighted by Crippen LogP contribution is -2.21. The van der Waals surface area contributed by atoms with Gasteiger partial charge in [0.2, 0.25) is 5.88 Å². The largest absolute Gasteiger partial charge is 0.473 e. The summed E-state index contributed by atoms with van der Waals surface area (Å²) in [5, 5.41) is 0. The lowest BCUT2D eigenvalue weighted by molar-refractivity contribution is 0.234. The van der Waals surface area contributed by atoms with Gasteiger partial charge in [-0.15, -0.1) is 0 Å². The minimum Gasteiger partial charge on any atom is -0.473 e. The monoisotopic (exact) mass is 286 g/mol. The van der Waals surface area contributed by atoms with Gasteiger partial charge in [0.25, 0.3) is 0 Å². The molecule has 0 atom stereocenters. The summed E-state index contributed by atoms with van der Waals surface area (Å²) in [4.78, 5) is 10.5. The lowest BCUT2D eigenvalue weighted by atomic mass is 10.2. The molecule has 0 spiro atoms. The van der Waals surface area contributed by atoms with E-state index in [9.17, 15) is 0 Å². The van der Waals surface area contributed by atoms with Gasteiger partial charge in [-0.25, -0.2) is 4.98 Å². The fraction of sp³-hybridized carbons (Fsp3) is 0.375. The van der Waals surface area contributed by atoms with E-state index in [1.807, 2.05) is 26.0 Å². The van der Waals surface area contributed by atoms with Crippen molar-refractivity contribution in [3.8, 4) is 5.88 Å². The topological polar surface area (TPSA) is 64.3 Å². The zero-order valence-electron chi connectivity index (χ0n) is 13.0. The van der Waals surface area contributed by atoms with Crippen molar-refractivity contribution in [1.29, 1.82) is 0 Å². The summed E-state index contributed by atoms with van der Waals surface area (Å²) in [7, 11) is 0. The van der Waals surface area contributed by atoms with Gasteiger partial charge in [0.15, 0.2) is 5.82 Å². The van der Waals surface area contributed by atoms with E-state index >= 15 is 0 Å². The van der Waals surface area contributed by atoms with E-state index in [0.717, 1.165) is 12.2 Å². The SMILES string of the molecule is CCN(c1ccccc1C)c1ncnc(OC(C)C)c1N. The quantitative estimate of drug-likeness (QED) is 0.913. The van der Waals surface area contributed by atoms with Gasteiger partial charge >= 0.3 is 0 Å². The first-order valence-corrected chi connectivity index (χ1v) is 7.14. The molecule has 0 aliphatic heterocycles. The van der Waals surface area contributed by atoms with E-state index in [2.05, 4.69) is 40.8 Å². The van der Waals surface area contributed by atoms with Crippen molar-refractivity contribution in [2.24, 2.45) is 0 Å². The van der Waals surface area contributed by atoms with Crippen molar-refractivity contribution in [3.63, 3.8) is 0 Å². The molecule has 21 heavy (non-hydrogen) atoms. The number of nitrogen functional groups attached to an aromatic ring is 1. The second-order valence-corrected chi connectivity index (χ2v) is 5.11. The Morgan fingerprint density at radius 1 is 1.24 bits per heavy atom. The van der Waals surface area contributed by atoms with Crippen molar-refractivity contribution in [3.05, 3.63) is 36.2 Å². The van der Waals surface area contributed by atoms with Crippen LogP contribution in [0.4, 0.5) is 17.2 Å². The molecule has 0 fully saturated rings. The van der Waals surface area contributed by atoms with Crippen LogP contribution in [0.3, 0.4) is 0 Å². The Labute approximate surface area is 125 Å². The van der Waals surface area contributed by atoms with Crippen molar-refractivity contribution in [2.45, 2.75) is 33.8 Å². The average Bonchev–Trinajstić information content (AvgIpc) is 2.45. The minimum absolute atomic E-state index is 0.0172. The van der Waals surface area contributed by atoms with Gasteiger partial charge in [-0.2, -0.15) is 4.98 Å². The Morgan fingerprint density at radius 3 is 2.57 bits per heavy atom. The van der Waals surface area contributed by atoms with Crippen LogP contribution in [0.25, 0.3) is 0 Å². The Balaban J connectivity index is 2.46. The first kappa shape index (κ1) is 15.1. The molecule has 0 saturated carbocycles. The van der Waals surface area contributed by atoms with Crippen LogP contribution in [-0.2, 0) is 0 Å². The molecule has 112 valence electrons. The third kappa shape index (κ3) is 3.24. The number of nitrogens with two attached hydrogens (primary N) is 1. The molecule has 0 bridgehead atoms. The molecule has 0 aliphatic rings. The highest BCUT2D eigenvalue weighted by Gasteiger charge is 2.18. The van der Waals surface area contributed by atoms with Crippen LogP contribution in [0, 0.1) is 6.92 Å². The summed E-state index contributed by atoms with van der Waals surface area (Å²) < 4.78 is 5.64. The molecule has 1 heterocycles. The van der Waals surface area contributed by atoms with Crippen LogP contribution in [0.15, 0.2) is 30.6 Å². The van der Waals surface area contributed by atoms with Gasteiger partial charge < -0.3 is 15.4 Å².